The highest BCUT2D eigenvalue weighted by Gasteiger charge is 2.23. The molecule has 1 aromatic heterocycles. The van der Waals surface area contributed by atoms with E-state index in [0.717, 1.165) is 36.6 Å². The van der Waals surface area contributed by atoms with Gasteiger partial charge in [0.05, 0.1) is 16.3 Å². The molecule has 1 aliphatic heterocycles. The number of amides is 1. The first-order valence-electron chi connectivity index (χ1n) is 7.62. The van der Waals surface area contributed by atoms with Crippen LogP contribution in [-0.2, 0) is 0 Å². The maximum Gasteiger partial charge on any atom is 0.253 e. The fraction of sp³-hybridized carbons (Fsp3) is 0.294. The van der Waals surface area contributed by atoms with Gasteiger partial charge in [-0.3, -0.25) is 9.59 Å². The summed E-state index contributed by atoms with van der Waals surface area (Å²) in [5, 5.41) is 3.75. The molecule has 1 amide bonds. The maximum absolute atomic E-state index is 12.3. The Morgan fingerprint density at radius 2 is 2.09 bits per heavy atom. The number of nitrogens with one attached hydrogen (secondary N) is 2. The summed E-state index contributed by atoms with van der Waals surface area (Å²) < 4.78 is 0. The van der Waals surface area contributed by atoms with E-state index in [9.17, 15) is 9.59 Å². The van der Waals surface area contributed by atoms with Crippen molar-refractivity contribution in [1.82, 2.24) is 10.3 Å². The van der Waals surface area contributed by atoms with Gasteiger partial charge in [-0.15, -0.1) is 0 Å². The van der Waals surface area contributed by atoms with Crippen molar-refractivity contribution in [2.24, 2.45) is 0 Å². The second kappa shape index (κ2) is 6.87. The third-order valence-electron chi connectivity index (χ3n) is 4.00. The molecular weight excluding hydrogens is 314 g/mol. The quantitative estimate of drug-likeness (QED) is 0.908. The third-order valence-corrected chi connectivity index (χ3v) is 4.32. The van der Waals surface area contributed by atoms with Crippen LogP contribution in [0.2, 0.25) is 5.02 Å². The zero-order chi connectivity index (χ0) is 16.2. The highest BCUT2D eigenvalue weighted by atomic mass is 35.5. The number of carbonyl (C=O) groups is 1. The molecule has 23 heavy (non-hydrogen) atoms. The molecule has 1 aliphatic rings. The first-order chi connectivity index (χ1) is 11.1. The van der Waals surface area contributed by atoms with Crippen molar-refractivity contribution in [2.45, 2.75) is 18.9 Å². The van der Waals surface area contributed by atoms with Crippen LogP contribution in [0.5, 0.6) is 0 Å². The van der Waals surface area contributed by atoms with Gasteiger partial charge in [-0.25, -0.2) is 0 Å². The van der Waals surface area contributed by atoms with Crippen LogP contribution >= 0.6 is 11.6 Å². The topological polar surface area (TPSA) is 65.2 Å². The molecule has 6 heteroatoms. The normalized spacial score (nSPS) is 17.8. The van der Waals surface area contributed by atoms with Crippen LogP contribution in [0.4, 0.5) is 5.69 Å². The van der Waals surface area contributed by atoms with Gasteiger partial charge >= 0.3 is 0 Å². The maximum atomic E-state index is 12.3. The zero-order valence-electron chi connectivity index (χ0n) is 12.6. The number of halogens is 1. The van der Waals surface area contributed by atoms with Crippen molar-refractivity contribution in [3.63, 3.8) is 0 Å². The molecule has 2 aromatic rings. The Kier molecular flexibility index (Phi) is 4.67. The summed E-state index contributed by atoms with van der Waals surface area (Å²) in [5.74, 6) is -0.174. The van der Waals surface area contributed by atoms with Gasteiger partial charge in [0.15, 0.2) is 0 Å². The van der Waals surface area contributed by atoms with Crippen molar-refractivity contribution < 1.29 is 4.79 Å². The number of pyridine rings is 1. The van der Waals surface area contributed by atoms with Crippen LogP contribution in [0, 0.1) is 0 Å². The predicted molar refractivity (Wildman–Crippen MR) is 91.2 cm³/mol. The number of para-hydroxylation sites is 1. The number of H-pyrrole nitrogens is 1. The van der Waals surface area contributed by atoms with E-state index in [2.05, 4.69) is 15.2 Å². The van der Waals surface area contributed by atoms with Crippen LogP contribution in [0.25, 0.3) is 0 Å². The van der Waals surface area contributed by atoms with Gasteiger partial charge in [0.2, 0.25) is 5.56 Å². The smallest absolute Gasteiger partial charge is 0.253 e. The molecular formula is C17H18ClN3O2. The van der Waals surface area contributed by atoms with Crippen molar-refractivity contribution in [3.8, 4) is 0 Å². The summed E-state index contributed by atoms with van der Waals surface area (Å²) in [4.78, 5) is 28.0. The fourth-order valence-corrected chi connectivity index (χ4v) is 3.10. The monoisotopic (exact) mass is 331 g/mol. The summed E-state index contributed by atoms with van der Waals surface area (Å²) in [6, 6.07) is 10.7. The summed E-state index contributed by atoms with van der Waals surface area (Å²) in [6.45, 7) is 1.65. The lowest BCUT2D eigenvalue weighted by Crippen LogP contribution is -2.48. The van der Waals surface area contributed by atoms with Crippen LogP contribution in [0.3, 0.4) is 0 Å². The molecule has 0 radical (unpaired) electrons. The molecule has 120 valence electrons. The molecule has 1 atom stereocenters. The second-order valence-corrected chi connectivity index (χ2v) is 6.06. The minimum Gasteiger partial charge on any atom is -0.368 e. The van der Waals surface area contributed by atoms with E-state index >= 15 is 0 Å². The molecule has 2 N–H and O–H groups in total. The standard InChI is InChI=1S/C17H18ClN3O2/c18-14-5-1-2-6-15(14)21-9-3-4-13(11-21)20-17(23)12-7-8-16(22)19-10-12/h1-2,5-8,10,13H,3-4,9,11H2,(H,19,22)(H,20,23)/t13-/m0/s1. The Hall–Kier alpha value is -2.27. The minimum atomic E-state index is -0.218. The molecule has 1 aromatic carbocycles. The number of anilines is 1. The Morgan fingerprint density at radius 1 is 1.26 bits per heavy atom. The summed E-state index contributed by atoms with van der Waals surface area (Å²) in [7, 11) is 0. The lowest BCUT2D eigenvalue weighted by Gasteiger charge is -2.35. The summed E-state index contributed by atoms with van der Waals surface area (Å²) in [6.07, 6.45) is 3.35. The van der Waals surface area contributed by atoms with Gasteiger partial charge in [0.25, 0.3) is 5.91 Å². The Balaban J connectivity index is 1.67. The van der Waals surface area contributed by atoms with E-state index in [1.807, 2.05) is 24.3 Å². The van der Waals surface area contributed by atoms with Gasteiger partial charge < -0.3 is 15.2 Å². The summed E-state index contributed by atoms with van der Waals surface area (Å²) in [5.41, 5.74) is 1.24. The Bertz CT molecular complexity index is 739. The first kappa shape index (κ1) is 15.6. The van der Waals surface area contributed by atoms with Crippen molar-refractivity contribution in [2.75, 3.05) is 18.0 Å². The van der Waals surface area contributed by atoms with Crippen LogP contribution in [-0.4, -0.2) is 30.0 Å². The Morgan fingerprint density at radius 3 is 2.83 bits per heavy atom. The third kappa shape index (κ3) is 3.74. The molecule has 0 unspecified atom stereocenters. The van der Waals surface area contributed by atoms with Gasteiger partial charge in [-0.2, -0.15) is 0 Å². The number of hydrogen-bond acceptors (Lipinski definition) is 3. The van der Waals surface area contributed by atoms with E-state index in [1.165, 1.54) is 18.3 Å². The lowest BCUT2D eigenvalue weighted by molar-refractivity contribution is 0.0933. The molecule has 0 bridgehead atoms. The number of piperidine rings is 1. The average molecular weight is 332 g/mol. The van der Waals surface area contributed by atoms with Crippen molar-refractivity contribution in [3.05, 3.63) is 63.5 Å². The highest BCUT2D eigenvalue weighted by molar-refractivity contribution is 6.33. The number of benzene rings is 1. The molecule has 0 spiro atoms. The van der Waals surface area contributed by atoms with E-state index < -0.39 is 0 Å². The molecule has 1 fully saturated rings. The molecule has 0 aliphatic carbocycles. The molecule has 0 saturated carbocycles. The number of nitrogens with zero attached hydrogens (tertiary/aromatic N) is 1. The Labute approximate surface area is 139 Å². The van der Waals surface area contributed by atoms with Crippen molar-refractivity contribution >= 4 is 23.2 Å². The van der Waals surface area contributed by atoms with Gasteiger partial charge in [0.1, 0.15) is 0 Å². The van der Waals surface area contributed by atoms with Crippen LogP contribution < -0.4 is 15.8 Å². The molecule has 2 heterocycles. The fourth-order valence-electron chi connectivity index (χ4n) is 2.84. The number of aromatic amines is 1. The van der Waals surface area contributed by atoms with E-state index in [0.29, 0.717) is 5.56 Å². The SMILES string of the molecule is O=C(N[C@H]1CCCN(c2ccccc2Cl)C1)c1ccc(=O)[nH]c1. The molecule has 5 nitrogen and oxygen atoms in total. The highest BCUT2D eigenvalue weighted by Crippen LogP contribution is 2.27. The predicted octanol–water partition coefficient (Wildman–Crippen LogP) is 2.43. The van der Waals surface area contributed by atoms with E-state index in [4.69, 9.17) is 11.6 Å². The minimum absolute atomic E-state index is 0.0550. The summed E-state index contributed by atoms with van der Waals surface area (Å²) >= 11 is 6.26. The largest absolute Gasteiger partial charge is 0.368 e. The number of hydrogen-bond donors (Lipinski definition) is 2. The zero-order valence-corrected chi connectivity index (χ0v) is 13.3. The van der Waals surface area contributed by atoms with Crippen LogP contribution in [0.15, 0.2) is 47.4 Å². The lowest BCUT2D eigenvalue weighted by atomic mass is 10.0. The average Bonchev–Trinajstić information content (AvgIpc) is 2.56. The molecule has 3 rings (SSSR count). The van der Waals surface area contributed by atoms with Gasteiger partial charge in [0, 0.05) is 31.4 Å². The molecule has 1 saturated heterocycles. The number of carbonyl (C=O) groups excluding carboxylic acids is 1. The van der Waals surface area contributed by atoms with E-state index in [-0.39, 0.29) is 17.5 Å². The van der Waals surface area contributed by atoms with Crippen molar-refractivity contribution in [1.29, 1.82) is 0 Å². The number of aromatic nitrogens is 1. The van der Waals surface area contributed by atoms with Gasteiger partial charge in [-0.1, -0.05) is 23.7 Å². The second-order valence-electron chi connectivity index (χ2n) is 5.65. The van der Waals surface area contributed by atoms with Crippen LogP contribution in [0.1, 0.15) is 23.2 Å². The first-order valence-corrected chi connectivity index (χ1v) is 8.00. The van der Waals surface area contributed by atoms with E-state index in [1.54, 1.807) is 0 Å². The van der Waals surface area contributed by atoms with Gasteiger partial charge in [-0.05, 0) is 31.0 Å². The number of rotatable bonds is 3.